The van der Waals surface area contributed by atoms with Gasteiger partial charge in [-0.25, -0.2) is 0 Å². The second-order valence-corrected chi connectivity index (χ2v) is 10.5. The number of nitrogens with zero attached hydrogens (tertiary/aromatic N) is 1. The lowest BCUT2D eigenvalue weighted by Gasteiger charge is -2.26. The van der Waals surface area contributed by atoms with Gasteiger partial charge in [-0.2, -0.15) is 0 Å². The van der Waals surface area contributed by atoms with Crippen molar-refractivity contribution in [1.82, 2.24) is 0 Å². The molecule has 208 valence electrons. The van der Waals surface area contributed by atoms with Crippen molar-refractivity contribution in [1.29, 1.82) is 0 Å². The summed E-state index contributed by atoms with van der Waals surface area (Å²) in [4.78, 5) is 2.32. The molecule has 0 amide bonds. The third-order valence-corrected chi connectivity index (χ3v) is 7.51. The summed E-state index contributed by atoms with van der Waals surface area (Å²) >= 11 is 0. The molecule has 0 radical (unpaired) electrons. The highest BCUT2D eigenvalue weighted by Crippen LogP contribution is 2.34. The predicted molar refractivity (Wildman–Crippen MR) is 157 cm³/mol. The molecule has 0 bridgehead atoms. The molecule has 2 aliphatic rings. The van der Waals surface area contributed by atoms with Gasteiger partial charge in [-0.05, 0) is 112 Å². The lowest BCUT2D eigenvalue weighted by Crippen LogP contribution is -2.22. The van der Waals surface area contributed by atoms with Crippen LogP contribution < -0.4 is 4.90 Å². The summed E-state index contributed by atoms with van der Waals surface area (Å²) < 4.78 is 23.2. The molecule has 0 saturated carbocycles. The summed E-state index contributed by atoms with van der Waals surface area (Å²) in [5.41, 5.74) is 6.13. The monoisotopic (exact) mass is 529 g/mol. The van der Waals surface area contributed by atoms with Crippen LogP contribution in [-0.2, 0) is 31.8 Å². The van der Waals surface area contributed by atoms with E-state index in [0.29, 0.717) is 0 Å². The minimum atomic E-state index is -0.00331. The van der Waals surface area contributed by atoms with Gasteiger partial charge in [0.2, 0.25) is 0 Å². The molecule has 39 heavy (non-hydrogen) atoms. The topological polar surface area (TPSA) is 40.2 Å². The van der Waals surface area contributed by atoms with Gasteiger partial charge < -0.3 is 23.8 Å². The molecule has 5 rings (SSSR count). The van der Waals surface area contributed by atoms with Gasteiger partial charge in [-0.1, -0.05) is 42.5 Å². The highest BCUT2D eigenvalue weighted by molar-refractivity contribution is 5.76. The zero-order chi connectivity index (χ0) is 26.5. The summed E-state index contributed by atoms with van der Waals surface area (Å²) in [6.45, 7) is 3.15. The zero-order valence-electron chi connectivity index (χ0n) is 23.1. The van der Waals surface area contributed by atoms with Crippen molar-refractivity contribution >= 4 is 17.1 Å². The Morgan fingerprint density at radius 1 is 0.564 bits per heavy atom. The minimum Gasteiger partial charge on any atom is -0.353 e. The number of rotatable bonds is 13. The maximum Gasteiger partial charge on any atom is 0.157 e. The Bertz CT molecular complexity index is 1000. The first-order valence-corrected chi connectivity index (χ1v) is 14.8. The van der Waals surface area contributed by atoms with Gasteiger partial charge in [0.15, 0.2) is 12.6 Å². The largest absolute Gasteiger partial charge is 0.353 e. The number of aryl methyl sites for hydroxylation is 2. The molecule has 0 N–H and O–H groups in total. The van der Waals surface area contributed by atoms with Crippen molar-refractivity contribution in [2.45, 2.75) is 76.8 Å². The van der Waals surface area contributed by atoms with Crippen LogP contribution in [0.5, 0.6) is 0 Å². The summed E-state index contributed by atoms with van der Waals surface area (Å²) in [5.74, 6) is 0. The van der Waals surface area contributed by atoms with Crippen molar-refractivity contribution < 1.29 is 18.9 Å². The van der Waals surface area contributed by atoms with E-state index in [0.717, 1.165) is 94.9 Å². The number of benzene rings is 3. The van der Waals surface area contributed by atoms with Crippen molar-refractivity contribution in [3.63, 3.8) is 0 Å². The molecular weight excluding hydrogens is 486 g/mol. The maximum absolute atomic E-state index is 5.91. The van der Waals surface area contributed by atoms with Crippen LogP contribution in [0.1, 0.15) is 62.5 Å². The van der Waals surface area contributed by atoms with E-state index in [1.807, 2.05) is 0 Å². The Balaban J connectivity index is 1.16. The van der Waals surface area contributed by atoms with Gasteiger partial charge >= 0.3 is 0 Å². The Hall–Kier alpha value is -2.70. The lowest BCUT2D eigenvalue weighted by molar-refractivity contribution is -0.162. The van der Waals surface area contributed by atoms with Gasteiger partial charge in [-0.3, -0.25) is 0 Å². The van der Waals surface area contributed by atoms with E-state index in [1.54, 1.807) is 0 Å². The molecule has 0 aromatic heterocycles. The Labute approximate surface area is 234 Å². The Morgan fingerprint density at radius 2 is 1.03 bits per heavy atom. The zero-order valence-corrected chi connectivity index (χ0v) is 23.1. The number of hydrogen-bond acceptors (Lipinski definition) is 5. The van der Waals surface area contributed by atoms with Crippen LogP contribution in [0.3, 0.4) is 0 Å². The molecule has 5 nitrogen and oxygen atoms in total. The third kappa shape index (κ3) is 8.64. The van der Waals surface area contributed by atoms with E-state index >= 15 is 0 Å². The smallest absolute Gasteiger partial charge is 0.157 e. The number of anilines is 3. The van der Waals surface area contributed by atoms with Gasteiger partial charge in [-0.15, -0.1) is 0 Å². The van der Waals surface area contributed by atoms with Crippen molar-refractivity contribution in [3.05, 3.63) is 90.0 Å². The summed E-state index contributed by atoms with van der Waals surface area (Å²) in [6, 6.07) is 28.5. The molecule has 2 fully saturated rings. The van der Waals surface area contributed by atoms with Crippen molar-refractivity contribution in [2.24, 2.45) is 0 Å². The molecule has 3 aromatic carbocycles. The molecule has 2 heterocycles. The number of ether oxygens (including phenoxy) is 4. The van der Waals surface area contributed by atoms with Crippen LogP contribution in [0.25, 0.3) is 0 Å². The maximum atomic E-state index is 5.91. The lowest BCUT2D eigenvalue weighted by atomic mass is 10.1. The molecule has 0 aliphatic carbocycles. The standard InChI is InChI=1S/C34H43NO4/c1-2-12-30(13-3-1)35(31-20-16-28(17-21-31)10-8-26-38-33-14-4-6-24-36-33)32-22-18-29(19-23-32)11-9-27-39-34-15-5-7-25-37-34/h1-3,12-13,16-23,33-34H,4-11,14-15,24-27H2. The Kier molecular flexibility index (Phi) is 10.8. The van der Waals surface area contributed by atoms with E-state index in [4.69, 9.17) is 18.9 Å². The fourth-order valence-corrected chi connectivity index (χ4v) is 5.32. The Morgan fingerprint density at radius 3 is 1.46 bits per heavy atom. The van der Waals surface area contributed by atoms with E-state index in [9.17, 15) is 0 Å². The molecule has 0 spiro atoms. The van der Waals surface area contributed by atoms with E-state index in [2.05, 4.69) is 83.8 Å². The van der Waals surface area contributed by atoms with Crippen LogP contribution in [0.2, 0.25) is 0 Å². The first-order chi connectivity index (χ1) is 19.3. The molecular formula is C34H43NO4. The normalized spacial score (nSPS) is 19.6. The fourth-order valence-electron chi connectivity index (χ4n) is 5.32. The van der Waals surface area contributed by atoms with Crippen LogP contribution >= 0.6 is 0 Å². The first-order valence-electron chi connectivity index (χ1n) is 14.8. The molecule has 2 atom stereocenters. The quantitative estimate of drug-likeness (QED) is 0.209. The molecule has 2 aliphatic heterocycles. The summed E-state index contributed by atoms with van der Waals surface area (Å²) in [7, 11) is 0. The first kappa shape index (κ1) is 27.9. The van der Waals surface area contributed by atoms with Crippen LogP contribution in [0.15, 0.2) is 78.9 Å². The van der Waals surface area contributed by atoms with Gasteiger partial charge in [0.1, 0.15) is 0 Å². The van der Waals surface area contributed by atoms with E-state index in [1.165, 1.54) is 24.0 Å². The number of para-hydroxylation sites is 1. The van der Waals surface area contributed by atoms with Crippen LogP contribution in [0, 0.1) is 0 Å². The third-order valence-electron chi connectivity index (χ3n) is 7.51. The average molecular weight is 530 g/mol. The summed E-state index contributed by atoms with van der Waals surface area (Å²) in [6.07, 6.45) is 10.8. The summed E-state index contributed by atoms with van der Waals surface area (Å²) in [5, 5.41) is 0. The van der Waals surface area contributed by atoms with Crippen molar-refractivity contribution in [2.75, 3.05) is 31.3 Å². The van der Waals surface area contributed by atoms with Gasteiger partial charge in [0.05, 0.1) is 13.2 Å². The van der Waals surface area contributed by atoms with Gasteiger partial charge in [0, 0.05) is 30.3 Å². The predicted octanol–water partition coefficient (Wildman–Crippen LogP) is 8.11. The van der Waals surface area contributed by atoms with Gasteiger partial charge in [0.25, 0.3) is 0 Å². The molecule has 5 heteroatoms. The SMILES string of the molecule is c1ccc(N(c2ccc(CCCOC3CCCCO3)cc2)c2ccc(CCCOC3CCCCO3)cc2)cc1. The second kappa shape index (κ2) is 15.2. The fraction of sp³-hybridized carbons (Fsp3) is 0.471. The molecule has 2 saturated heterocycles. The average Bonchev–Trinajstić information content (AvgIpc) is 3.01. The number of hydrogen-bond donors (Lipinski definition) is 0. The van der Waals surface area contributed by atoms with Crippen LogP contribution in [-0.4, -0.2) is 39.0 Å². The minimum absolute atomic E-state index is 0.00331. The molecule has 2 unspecified atom stereocenters. The highest BCUT2D eigenvalue weighted by Gasteiger charge is 2.15. The van der Waals surface area contributed by atoms with E-state index < -0.39 is 0 Å². The highest BCUT2D eigenvalue weighted by atomic mass is 16.7. The van der Waals surface area contributed by atoms with E-state index in [-0.39, 0.29) is 12.6 Å². The second-order valence-electron chi connectivity index (χ2n) is 10.5. The molecule has 3 aromatic rings. The van der Waals surface area contributed by atoms with Crippen molar-refractivity contribution in [3.8, 4) is 0 Å². The van der Waals surface area contributed by atoms with Crippen LogP contribution in [0.4, 0.5) is 17.1 Å².